The van der Waals surface area contributed by atoms with Gasteiger partial charge < -0.3 is 5.73 Å². The number of hydrogen-bond acceptors (Lipinski definition) is 2. The zero-order valence-electron chi connectivity index (χ0n) is 8.49. The molecule has 1 aromatic heterocycles. The van der Waals surface area contributed by atoms with Crippen LogP contribution in [-0.2, 0) is 6.42 Å². The summed E-state index contributed by atoms with van der Waals surface area (Å²) in [6.07, 6.45) is 0.887. The molecule has 0 bridgehead atoms. The van der Waals surface area contributed by atoms with E-state index < -0.39 is 0 Å². The van der Waals surface area contributed by atoms with Crippen LogP contribution in [0.1, 0.15) is 16.5 Å². The van der Waals surface area contributed by atoms with E-state index in [1.807, 2.05) is 12.1 Å². The third kappa shape index (κ3) is 2.94. The summed E-state index contributed by atoms with van der Waals surface area (Å²) in [4.78, 5) is 1.32. The average Bonchev–Trinajstić information content (AvgIpc) is 2.70. The van der Waals surface area contributed by atoms with Crippen molar-refractivity contribution in [3.63, 3.8) is 0 Å². The lowest BCUT2D eigenvalue weighted by Crippen LogP contribution is -2.13. The number of thiophene rings is 1. The molecule has 0 amide bonds. The van der Waals surface area contributed by atoms with Crippen LogP contribution in [0, 0.1) is 0 Å². The average molecular weight is 361 g/mol. The highest BCUT2D eigenvalue weighted by atomic mass is 79.9. The maximum absolute atomic E-state index is 6.20. The van der Waals surface area contributed by atoms with Gasteiger partial charge in [0.15, 0.2) is 0 Å². The minimum absolute atomic E-state index is 0.0427. The highest BCUT2D eigenvalue weighted by molar-refractivity contribution is 9.11. The molecule has 0 fully saturated rings. The highest BCUT2D eigenvalue weighted by Crippen LogP contribution is 2.28. The van der Waals surface area contributed by atoms with Crippen molar-refractivity contribution in [2.24, 2.45) is 5.73 Å². The lowest BCUT2D eigenvalue weighted by molar-refractivity contribution is 0.726. The fourth-order valence-electron chi connectivity index (χ4n) is 1.56. The van der Waals surface area contributed by atoms with Crippen LogP contribution in [0.2, 0.25) is 0 Å². The van der Waals surface area contributed by atoms with Gasteiger partial charge in [0.25, 0.3) is 0 Å². The first kappa shape index (κ1) is 12.3. The van der Waals surface area contributed by atoms with Crippen molar-refractivity contribution in [2.75, 3.05) is 0 Å². The molecule has 1 aromatic carbocycles. The molecule has 0 saturated heterocycles. The quantitative estimate of drug-likeness (QED) is 0.855. The van der Waals surface area contributed by atoms with Gasteiger partial charge in [0.05, 0.1) is 0 Å². The van der Waals surface area contributed by atoms with E-state index in [-0.39, 0.29) is 6.04 Å². The van der Waals surface area contributed by atoms with Crippen LogP contribution in [-0.4, -0.2) is 0 Å². The Morgan fingerprint density at radius 1 is 1.25 bits per heavy atom. The fourth-order valence-corrected chi connectivity index (χ4v) is 3.66. The number of halogens is 2. The third-order valence-corrected chi connectivity index (χ3v) is 4.44. The molecule has 84 valence electrons. The van der Waals surface area contributed by atoms with E-state index in [4.69, 9.17) is 5.73 Å². The van der Waals surface area contributed by atoms with Crippen LogP contribution in [0.3, 0.4) is 0 Å². The van der Waals surface area contributed by atoms with Gasteiger partial charge in [0.1, 0.15) is 0 Å². The van der Waals surface area contributed by atoms with Gasteiger partial charge in [0, 0.05) is 26.3 Å². The molecule has 2 N–H and O–H groups in total. The Labute approximate surface area is 116 Å². The Hall–Kier alpha value is -0.160. The van der Waals surface area contributed by atoms with Crippen molar-refractivity contribution < 1.29 is 0 Å². The molecule has 0 aliphatic carbocycles. The lowest BCUT2D eigenvalue weighted by atomic mass is 10.0. The monoisotopic (exact) mass is 359 g/mol. The minimum Gasteiger partial charge on any atom is -0.324 e. The molecule has 1 atom stereocenters. The highest BCUT2D eigenvalue weighted by Gasteiger charge is 2.11. The first-order valence-corrected chi connectivity index (χ1v) is 7.36. The third-order valence-electron chi connectivity index (χ3n) is 2.36. The van der Waals surface area contributed by atoms with Gasteiger partial charge in [-0.3, -0.25) is 0 Å². The Kier molecular flexibility index (Phi) is 4.19. The maximum atomic E-state index is 6.20. The van der Waals surface area contributed by atoms with Crippen molar-refractivity contribution in [2.45, 2.75) is 12.5 Å². The molecule has 1 nitrogen and oxygen atoms in total. The van der Waals surface area contributed by atoms with E-state index in [1.165, 1.54) is 4.88 Å². The molecule has 0 aliphatic heterocycles. The Morgan fingerprint density at radius 3 is 2.69 bits per heavy atom. The predicted octanol–water partition coefficient (Wildman–Crippen LogP) is 4.52. The molecular formula is C12H11Br2NS. The normalized spacial score (nSPS) is 12.7. The van der Waals surface area contributed by atoms with Gasteiger partial charge in [-0.1, -0.05) is 44.0 Å². The smallest absolute Gasteiger partial charge is 0.0354 e. The van der Waals surface area contributed by atoms with E-state index >= 15 is 0 Å². The summed E-state index contributed by atoms with van der Waals surface area (Å²) in [5.41, 5.74) is 7.35. The molecule has 1 unspecified atom stereocenters. The van der Waals surface area contributed by atoms with Crippen molar-refractivity contribution in [1.29, 1.82) is 0 Å². The van der Waals surface area contributed by atoms with Gasteiger partial charge in [-0.2, -0.15) is 0 Å². The van der Waals surface area contributed by atoms with E-state index in [0.717, 1.165) is 20.9 Å². The Balaban J connectivity index is 2.17. The van der Waals surface area contributed by atoms with Crippen LogP contribution in [0.15, 0.2) is 44.7 Å². The summed E-state index contributed by atoms with van der Waals surface area (Å²) in [7, 11) is 0. The van der Waals surface area contributed by atoms with E-state index in [2.05, 4.69) is 55.4 Å². The summed E-state index contributed by atoms with van der Waals surface area (Å²) in [6, 6.07) is 10.3. The summed E-state index contributed by atoms with van der Waals surface area (Å²) >= 11 is 8.73. The largest absolute Gasteiger partial charge is 0.324 e. The number of hydrogen-bond donors (Lipinski definition) is 1. The van der Waals surface area contributed by atoms with Crippen LogP contribution in [0.4, 0.5) is 0 Å². The number of benzene rings is 1. The zero-order valence-corrected chi connectivity index (χ0v) is 12.5. The van der Waals surface area contributed by atoms with Gasteiger partial charge in [-0.25, -0.2) is 0 Å². The van der Waals surface area contributed by atoms with Crippen molar-refractivity contribution in [3.05, 3.63) is 55.1 Å². The van der Waals surface area contributed by atoms with Crippen molar-refractivity contribution >= 4 is 43.2 Å². The van der Waals surface area contributed by atoms with Gasteiger partial charge in [0.2, 0.25) is 0 Å². The van der Waals surface area contributed by atoms with Crippen molar-refractivity contribution in [1.82, 2.24) is 0 Å². The summed E-state index contributed by atoms with van der Waals surface area (Å²) in [5.74, 6) is 0. The standard InChI is InChI=1S/C12H11Br2NS/c13-8-3-4-10(11(14)6-8)12(15)7-9-2-1-5-16-9/h1-6,12H,7,15H2. The molecule has 0 radical (unpaired) electrons. The molecule has 0 aliphatic rings. The molecule has 2 rings (SSSR count). The van der Waals surface area contributed by atoms with Gasteiger partial charge in [-0.15, -0.1) is 11.3 Å². The summed E-state index contributed by atoms with van der Waals surface area (Å²) in [5, 5.41) is 2.08. The van der Waals surface area contributed by atoms with Crippen LogP contribution < -0.4 is 5.73 Å². The molecule has 4 heteroatoms. The Morgan fingerprint density at radius 2 is 2.06 bits per heavy atom. The van der Waals surface area contributed by atoms with Crippen LogP contribution in [0.25, 0.3) is 0 Å². The summed E-state index contributed by atoms with van der Waals surface area (Å²) in [6.45, 7) is 0. The van der Waals surface area contributed by atoms with Gasteiger partial charge >= 0.3 is 0 Å². The first-order valence-electron chi connectivity index (χ1n) is 4.89. The number of rotatable bonds is 3. The predicted molar refractivity (Wildman–Crippen MR) is 76.8 cm³/mol. The van der Waals surface area contributed by atoms with Crippen molar-refractivity contribution in [3.8, 4) is 0 Å². The summed E-state index contributed by atoms with van der Waals surface area (Å²) < 4.78 is 2.12. The van der Waals surface area contributed by atoms with E-state index in [1.54, 1.807) is 11.3 Å². The second-order valence-electron chi connectivity index (χ2n) is 3.56. The van der Waals surface area contributed by atoms with E-state index in [0.29, 0.717) is 0 Å². The SMILES string of the molecule is NC(Cc1cccs1)c1ccc(Br)cc1Br. The zero-order chi connectivity index (χ0) is 11.5. The topological polar surface area (TPSA) is 26.0 Å². The minimum atomic E-state index is 0.0427. The fraction of sp³-hybridized carbons (Fsp3) is 0.167. The first-order chi connectivity index (χ1) is 7.66. The second-order valence-corrected chi connectivity index (χ2v) is 6.36. The van der Waals surface area contributed by atoms with Crippen LogP contribution in [0.5, 0.6) is 0 Å². The molecule has 2 aromatic rings. The molecule has 0 spiro atoms. The molecular weight excluding hydrogens is 350 g/mol. The Bertz CT molecular complexity index is 468. The lowest BCUT2D eigenvalue weighted by Gasteiger charge is -2.13. The van der Waals surface area contributed by atoms with Crippen LogP contribution >= 0.6 is 43.2 Å². The molecule has 0 saturated carbocycles. The molecule has 16 heavy (non-hydrogen) atoms. The maximum Gasteiger partial charge on any atom is 0.0354 e. The van der Waals surface area contributed by atoms with E-state index in [9.17, 15) is 0 Å². The van der Waals surface area contributed by atoms with Gasteiger partial charge in [-0.05, 0) is 29.1 Å². The number of nitrogens with two attached hydrogens (primary N) is 1. The molecule has 1 heterocycles. The second kappa shape index (κ2) is 5.45.